The van der Waals surface area contributed by atoms with Gasteiger partial charge in [0, 0.05) is 17.3 Å². The molecule has 0 spiro atoms. The summed E-state index contributed by atoms with van der Waals surface area (Å²) >= 11 is 6.66. The molecule has 0 bridgehead atoms. The number of alkyl halides is 6. The third kappa shape index (κ3) is 7.26. The smallest absolute Gasteiger partial charge is 0.425 e. The van der Waals surface area contributed by atoms with Crippen LogP contribution in [0.2, 0.25) is 5.02 Å². The fourth-order valence-electron chi connectivity index (χ4n) is 3.94. The van der Waals surface area contributed by atoms with Gasteiger partial charge in [0.2, 0.25) is 6.61 Å². The van der Waals surface area contributed by atoms with Crippen molar-refractivity contribution in [3.63, 3.8) is 0 Å². The van der Waals surface area contributed by atoms with Crippen LogP contribution in [0.4, 0.5) is 31.1 Å². The van der Waals surface area contributed by atoms with Crippen LogP contribution in [-0.4, -0.2) is 55.2 Å². The number of aromatic nitrogens is 3. The molecule has 0 aliphatic carbocycles. The number of ether oxygens (including phenoxy) is 1. The number of carbonyl (C=O) groups excluding carboxylic acids is 1. The van der Waals surface area contributed by atoms with Crippen molar-refractivity contribution >= 4 is 56.6 Å². The van der Waals surface area contributed by atoms with Crippen molar-refractivity contribution < 1.29 is 44.9 Å². The second-order valence-corrected chi connectivity index (χ2v) is 12.2. The largest absolute Gasteiger partial charge is 0.443 e. The number of oxime groups is 1. The topological polar surface area (TPSA) is 95.7 Å². The van der Waals surface area contributed by atoms with Gasteiger partial charge >= 0.3 is 18.4 Å². The molecular formula is C27H23ClF6N4O4S. The molecule has 4 rings (SSSR count). The molecule has 0 saturated heterocycles. The molecule has 1 unspecified atom stereocenters. The van der Waals surface area contributed by atoms with Gasteiger partial charge in [0.1, 0.15) is 22.5 Å². The Kier molecular flexibility index (Phi) is 8.80. The van der Waals surface area contributed by atoms with Gasteiger partial charge in [-0.1, -0.05) is 35.8 Å². The highest BCUT2D eigenvalue weighted by Crippen LogP contribution is 2.41. The van der Waals surface area contributed by atoms with Crippen molar-refractivity contribution in [3.05, 3.63) is 52.7 Å². The summed E-state index contributed by atoms with van der Waals surface area (Å²) in [5.41, 5.74) is -2.50. The Morgan fingerprint density at radius 1 is 1.12 bits per heavy atom. The first-order valence-electron chi connectivity index (χ1n) is 12.5. The molecule has 0 fully saturated rings. The number of hydrogen-bond acceptors (Lipinski definition) is 7. The fraction of sp³-hybridized carbons (Fsp3) is 0.333. The zero-order valence-electron chi connectivity index (χ0n) is 22.9. The van der Waals surface area contributed by atoms with Crippen LogP contribution in [0.5, 0.6) is 0 Å². The molecule has 0 aliphatic rings. The van der Waals surface area contributed by atoms with Gasteiger partial charge in [0.15, 0.2) is 0 Å². The fourth-order valence-corrected chi connectivity index (χ4v) is 5.18. The van der Waals surface area contributed by atoms with Crippen molar-refractivity contribution in [1.29, 1.82) is 0 Å². The Morgan fingerprint density at radius 2 is 1.81 bits per heavy atom. The third-order valence-electron chi connectivity index (χ3n) is 5.69. The molecule has 1 aromatic carbocycles. The summed E-state index contributed by atoms with van der Waals surface area (Å²) in [6.45, 7) is 4.72. The molecule has 0 radical (unpaired) electrons. The van der Waals surface area contributed by atoms with Crippen LogP contribution in [-0.2, 0) is 26.6 Å². The van der Waals surface area contributed by atoms with E-state index in [1.807, 2.05) is 0 Å². The van der Waals surface area contributed by atoms with E-state index >= 15 is 0 Å². The minimum atomic E-state index is -4.80. The van der Waals surface area contributed by atoms with Crippen LogP contribution in [0.3, 0.4) is 0 Å². The van der Waals surface area contributed by atoms with Crippen molar-refractivity contribution in [2.45, 2.75) is 50.5 Å². The van der Waals surface area contributed by atoms with E-state index in [0.29, 0.717) is 17.6 Å². The van der Waals surface area contributed by atoms with E-state index in [2.05, 4.69) is 20.0 Å². The van der Waals surface area contributed by atoms with Crippen LogP contribution >= 0.6 is 11.6 Å². The Balaban J connectivity index is 2.00. The van der Waals surface area contributed by atoms with Gasteiger partial charge in [-0.05, 0) is 44.5 Å². The molecule has 1 atom stereocenters. The number of halogens is 7. The first-order valence-corrected chi connectivity index (χ1v) is 14.2. The average molecular weight is 649 g/mol. The quantitative estimate of drug-likeness (QED) is 0.121. The van der Waals surface area contributed by atoms with E-state index in [0.717, 1.165) is 10.8 Å². The van der Waals surface area contributed by atoms with E-state index in [-0.39, 0.29) is 49.2 Å². The van der Waals surface area contributed by atoms with E-state index in [4.69, 9.17) is 16.3 Å². The maximum Gasteiger partial charge on any atom is 0.425 e. The number of benzene rings is 1. The summed E-state index contributed by atoms with van der Waals surface area (Å²) in [5.74, 6) is 0.113. The average Bonchev–Trinajstić information content (AvgIpc) is 3.19. The van der Waals surface area contributed by atoms with Gasteiger partial charge in [-0.25, -0.2) is 14.3 Å². The van der Waals surface area contributed by atoms with Crippen LogP contribution < -0.4 is 0 Å². The monoisotopic (exact) mass is 648 g/mol. The van der Waals surface area contributed by atoms with E-state index in [1.54, 1.807) is 33.8 Å². The first-order chi connectivity index (χ1) is 19.9. The van der Waals surface area contributed by atoms with Gasteiger partial charge in [0.05, 0.1) is 43.5 Å². The maximum atomic E-state index is 13.6. The molecule has 0 N–H and O–H groups in total. The van der Waals surface area contributed by atoms with Crippen molar-refractivity contribution in [1.82, 2.24) is 14.5 Å². The molecule has 3 aromatic heterocycles. The molecule has 43 heavy (non-hydrogen) atoms. The van der Waals surface area contributed by atoms with Gasteiger partial charge < -0.3 is 9.57 Å². The summed E-state index contributed by atoms with van der Waals surface area (Å²) in [4.78, 5) is 26.3. The van der Waals surface area contributed by atoms with E-state index < -0.39 is 47.0 Å². The normalized spacial score (nSPS) is 13.7. The predicted molar refractivity (Wildman–Crippen MR) is 149 cm³/mol. The third-order valence-corrected chi connectivity index (χ3v) is 7.38. The molecule has 16 heteroatoms. The highest BCUT2D eigenvalue weighted by Gasteiger charge is 2.35. The number of hydrogen-bond donors (Lipinski definition) is 0. The number of carbonyl (C=O) groups is 1. The summed E-state index contributed by atoms with van der Waals surface area (Å²) < 4.78 is 97.4. The SMILES string of the molecule is CCS(=O)c1cc2ccc(/C=N/OCC(F)(F)F)cc2nc1-c1c(Cl)c2ncc(C(F)(F)F)cc2n1C(=O)OC(C)(C)C. The number of nitrogens with zero attached hydrogens (tertiary/aromatic N) is 4. The lowest BCUT2D eigenvalue weighted by Crippen LogP contribution is -2.27. The Hall–Kier alpha value is -3.72. The summed E-state index contributed by atoms with van der Waals surface area (Å²) in [6, 6.07) is 6.72. The van der Waals surface area contributed by atoms with Crippen molar-refractivity contribution in [3.8, 4) is 11.4 Å². The number of pyridine rings is 2. The lowest BCUT2D eigenvalue weighted by atomic mass is 10.1. The molecule has 4 aromatic rings. The molecule has 8 nitrogen and oxygen atoms in total. The number of fused-ring (bicyclic) bond motifs is 2. The zero-order chi connectivity index (χ0) is 31.9. The molecule has 0 amide bonds. The minimum absolute atomic E-state index is 0.0995. The van der Waals surface area contributed by atoms with Gasteiger partial charge in [-0.15, -0.1) is 0 Å². The second-order valence-electron chi connectivity index (χ2n) is 10.1. The van der Waals surface area contributed by atoms with Crippen LogP contribution in [0.15, 0.2) is 46.6 Å². The Morgan fingerprint density at radius 3 is 2.42 bits per heavy atom. The maximum absolute atomic E-state index is 13.6. The first kappa shape index (κ1) is 32.2. The van der Waals surface area contributed by atoms with Gasteiger partial charge in [0.25, 0.3) is 0 Å². The van der Waals surface area contributed by atoms with Crippen molar-refractivity contribution in [2.24, 2.45) is 5.16 Å². The van der Waals surface area contributed by atoms with Crippen LogP contribution in [0.1, 0.15) is 38.8 Å². The highest BCUT2D eigenvalue weighted by atomic mass is 35.5. The lowest BCUT2D eigenvalue weighted by molar-refractivity contribution is -0.173. The minimum Gasteiger partial charge on any atom is -0.443 e. The standard InChI is InChI=1S/C27H23ClF6N4O4S/c1-5-43(40)19-9-15-7-6-14(11-36-41-13-26(29,30)31)8-17(15)37-22(19)23-20(28)21-18(10-16(12-35-21)27(32,33)34)38(23)24(39)42-25(2,3)4/h6-12H,5,13H2,1-4H3/b36-11+. The lowest BCUT2D eigenvalue weighted by Gasteiger charge is -2.21. The van der Waals surface area contributed by atoms with Crippen LogP contribution in [0.25, 0.3) is 33.3 Å². The molecule has 3 heterocycles. The summed E-state index contributed by atoms with van der Waals surface area (Å²) in [6.07, 6.45) is -8.86. The Bertz CT molecular complexity index is 1760. The second kappa shape index (κ2) is 11.8. The van der Waals surface area contributed by atoms with Gasteiger partial charge in [-0.3, -0.25) is 9.19 Å². The highest BCUT2D eigenvalue weighted by molar-refractivity contribution is 7.85. The zero-order valence-corrected chi connectivity index (χ0v) is 24.5. The summed E-state index contributed by atoms with van der Waals surface area (Å²) in [5, 5.41) is 3.53. The van der Waals surface area contributed by atoms with E-state index in [1.165, 1.54) is 18.2 Å². The summed E-state index contributed by atoms with van der Waals surface area (Å²) in [7, 11) is -1.71. The predicted octanol–water partition coefficient (Wildman–Crippen LogP) is 7.75. The van der Waals surface area contributed by atoms with Crippen LogP contribution in [0, 0.1) is 0 Å². The van der Waals surface area contributed by atoms with Gasteiger partial charge in [-0.2, -0.15) is 26.3 Å². The Labute approximate surface area is 248 Å². The van der Waals surface area contributed by atoms with Crippen molar-refractivity contribution in [2.75, 3.05) is 12.4 Å². The molecular weight excluding hydrogens is 626 g/mol. The number of rotatable bonds is 6. The molecule has 0 saturated carbocycles. The van der Waals surface area contributed by atoms with E-state index in [9.17, 15) is 35.3 Å². The molecule has 230 valence electrons. The molecule has 0 aliphatic heterocycles.